The molecule has 0 aliphatic heterocycles. The summed E-state index contributed by atoms with van der Waals surface area (Å²) < 4.78 is 0. The Balaban J connectivity index is 3.06. The minimum absolute atomic E-state index is 1.09. The third-order valence-corrected chi connectivity index (χ3v) is 3.73. The highest BCUT2D eigenvalue weighted by molar-refractivity contribution is 7.14. The maximum Gasteiger partial charge on any atom is 0.0308 e. The van der Waals surface area contributed by atoms with Crippen LogP contribution in [0.25, 0.3) is 12.2 Å². The average Bonchev–Trinajstić information content (AvgIpc) is 2.51. The SMILES string of the molecule is C=CC=Cc1sc(C=CCC)c(C)c1C. The first kappa shape index (κ1) is 12.0. The quantitative estimate of drug-likeness (QED) is 0.625. The molecule has 0 unspecified atom stereocenters. The lowest BCUT2D eigenvalue weighted by Gasteiger charge is -1.91. The second kappa shape index (κ2) is 5.72. The zero-order valence-corrected chi connectivity index (χ0v) is 10.5. The molecule has 0 nitrogen and oxygen atoms in total. The van der Waals surface area contributed by atoms with Crippen LogP contribution in [0.2, 0.25) is 0 Å². The highest BCUT2D eigenvalue weighted by atomic mass is 32.1. The summed E-state index contributed by atoms with van der Waals surface area (Å²) in [5.41, 5.74) is 2.78. The van der Waals surface area contributed by atoms with E-state index in [4.69, 9.17) is 0 Å². The zero-order valence-electron chi connectivity index (χ0n) is 9.71. The molecule has 1 heterocycles. The van der Waals surface area contributed by atoms with Crippen LogP contribution in [0.5, 0.6) is 0 Å². The molecule has 1 aromatic rings. The van der Waals surface area contributed by atoms with Crippen molar-refractivity contribution >= 4 is 23.5 Å². The number of thiophene rings is 1. The monoisotopic (exact) mass is 218 g/mol. The van der Waals surface area contributed by atoms with Crippen LogP contribution >= 0.6 is 11.3 Å². The van der Waals surface area contributed by atoms with Gasteiger partial charge in [-0.05, 0) is 43.5 Å². The lowest BCUT2D eigenvalue weighted by molar-refractivity contribution is 1.23. The maximum absolute atomic E-state index is 3.69. The summed E-state index contributed by atoms with van der Waals surface area (Å²) in [6.45, 7) is 10.2. The van der Waals surface area contributed by atoms with Gasteiger partial charge in [-0.15, -0.1) is 11.3 Å². The number of hydrogen-bond donors (Lipinski definition) is 0. The fraction of sp³-hybridized carbons (Fsp3) is 0.286. The number of allylic oxidation sites excluding steroid dienone is 3. The summed E-state index contributed by atoms with van der Waals surface area (Å²) in [6, 6.07) is 0. The molecule has 0 amide bonds. The van der Waals surface area contributed by atoms with Crippen molar-refractivity contribution in [3.05, 3.63) is 45.7 Å². The Morgan fingerprint density at radius 3 is 2.27 bits per heavy atom. The van der Waals surface area contributed by atoms with Crippen molar-refractivity contribution in [3.8, 4) is 0 Å². The van der Waals surface area contributed by atoms with E-state index in [9.17, 15) is 0 Å². The topological polar surface area (TPSA) is 0 Å². The third-order valence-electron chi connectivity index (χ3n) is 2.41. The Morgan fingerprint density at radius 2 is 1.73 bits per heavy atom. The van der Waals surface area contributed by atoms with E-state index in [1.54, 1.807) is 0 Å². The summed E-state index contributed by atoms with van der Waals surface area (Å²) in [7, 11) is 0. The number of hydrogen-bond acceptors (Lipinski definition) is 1. The molecule has 0 bridgehead atoms. The Morgan fingerprint density at radius 1 is 1.13 bits per heavy atom. The summed E-state index contributed by atoms with van der Waals surface area (Å²) >= 11 is 1.84. The van der Waals surface area contributed by atoms with Crippen molar-refractivity contribution in [1.82, 2.24) is 0 Å². The molecular weight excluding hydrogens is 200 g/mol. The Labute approximate surface area is 96.7 Å². The van der Waals surface area contributed by atoms with Gasteiger partial charge < -0.3 is 0 Å². The molecule has 0 N–H and O–H groups in total. The van der Waals surface area contributed by atoms with E-state index in [1.165, 1.54) is 20.9 Å². The molecule has 0 spiro atoms. The maximum atomic E-state index is 3.69. The van der Waals surface area contributed by atoms with Crippen molar-refractivity contribution in [2.24, 2.45) is 0 Å². The molecule has 0 aliphatic carbocycles. The van der Waals surface area contributed by atoms with Gasteiger partial charge in [0.25, 0.3) is 0 Å². The molecule has 0 aromatic carbocycles. The summed E-state index contributed by atoms with van der Waals surface area (Å²) in [4.78, 5) is 2.71. The van der Waals surface area contributed by atoms with Crippen LogP contribution in [0.3, 0.4) is 0 Å². The summed E-state index contributed by atoms with van der Waals surface area (Å²) in [6.07, 6.45) is 11.5. The second-order valence-electron chi connectivity index (χ2n) is 3.49. The van der Waals surface area contributed by atoms with Gasteiger partial charge in [-0.3, -0.25) is 0 Å². The fourth-order valence-corrected chi connectivity index (χ4v) is 2.50. The lowest BCUT2D eigenvalue weighted by Crippen LogP contribution is -1.75. The second-order valence-corrected chi connectivity index (χ2v) is 4.57. The van der Waals surface area contributed by atoms with Gasteiger partial charge in [0, 0.05) is 9.75 Å². The first-order valence-corrected chi connectivity index (χ1v) is 6.08. The Hall–Kier alpha value is -1.08. The normalized spacial score (nSPS) is 11.7. The minimum Gasteiger partial charge on any atom is -0.136 e. The average molecular weight is 218 g/mol. The van der Waals surface area contributed by atoms with Crippen molar-refractivity contribution in [1.29, 1.82) is 0 Å². The van der Waals surface area contributed by atoms with E-state index in [1.807, 2.05) is 23.5 Å². The highest BCUT2D eigenvalue weighted by Crippen LogP contribution is 2.29. The van der Waals surface area contributed by atoms with Gasteiger partial charge in [-0.2, -0.15) is 0 Å². The van der Waals surface area contributed by atoms with Gasteiger partial charge in [0.2, 0.25) is 0 Å². The third kappa shape index (κ3) is 2.93. The van der Waals surface area contributed by atoms with Crippen LogP contribution in [0.4, 0.5) is 0 Å². The van der Waals surface area contributed by atoms with Gasteiger partial charge in [0.05, 0.1) is 0 Å². The van der Waals surface area contributed by atoms with E-state index in [2.05, 4.69) is 45.6 Å². The molecule has 0 saturated heterocycles. The lowest BCUT2D eigenvalue weighted by atomic mass is 10.1. The van der Waals surface area contributed by atoms with Gasteiger partial charge in [-0.25, -0.2) is 0 Å². The Kier molecular flexibility index (Phi) is 4.57. The van der Waals surface area contributed by atoms with Crippen LogP contribution in [-0.4, -0.2) is 0 Å². The van der Waals surface area contributed by atoms with Crippen molar-refractivity contribution in [2.45, 2.75) is 27.2 Å². The Bertz CT molecular complexity index is 392. The molecule has 0 aliphatic rings. The molecule has 0 saturated carbocycles. The van der Waals surface area contributed by atoms with Crippen LogP contribution in [0.15, 0.2) is 24.8 Å². The molecule has 1 rings (SSSR count). The van der Waals surface area contributed by atoms with Crippen LogP contribution < -0.4 is 0 Å². The highest BCUT2D eigenvalue weighted by Gasteiger charge is 2.06. The van der Waals surface area contributed by atoms with Gasteiger partial charge in [0.1, 0.15) is 0 Å². The zero-order chi connectivity index (χ0) is 11.3. The van der Waals surface area contributed by atoms with Gasteiger partial charge in [-0.1, -0.05) is 31.7 Å². The van der Waals surface area contributed by atoms with Crippen LogP contribution in [-0.2, 0) is 0 Å². The van der Waals surface area contributed by atoms with Gasteiger partial charge in [0.15, 0.2) is 0 Å². The summed E-state index contributed by atoms with van der Waals surface area (Å²) in [5.74, 6) is 0. The van der Waals surface area contributed by atoms with Crippen LogP contribution in [0, 0.1) is 13.8 Å². The van der Waals surface area contributed by atoms with E-state index in [-0.39, 0.29) is 0 Å². The predicted molar refractivity (Wildman–Crippen MR) is 72.3 cm³/mol. The van der Waals surface area contributed by atoms with E-state index < -0.39 is 0 Å². The first-order chi connectivity index (χ1) is 7.20. The van der Waals surface area contributed by atoms with E-state index in [0.29, 0.717) is 0 Å². The predicted octanol–water partition coefficient (Wildman–Crippen LogP) is 4.99. The molecule has 1 aromatic heterocycles. The molecule has 80 valence electrons. The molecule has 1 heteroatoms. The summed E-state index contributed by atoms with van der Waals surface area (Å²) in [5, 5.41) is 0. The van der Waals surface area contributed by atoms with Crippen molar-refractivity contribution < 1.29 is 0 Å². The van der Waals surface area contributed by atoms with Crippen LogP contribution in [0.1, 0.15) is 34.2 Å². The molecular formula is C14H18S. The van der Waals surface area contributed by atoms with Gasteiger partial charge >= 0.3 is 0 Å². The molecule has 0 atom stereocenters. The number of rotatable bonds is 4. The smallest absolute Gasteiger partial charge is 0.0308 e. The van der Waals surface area contributed by atoms with E-state index in [0.717, 1.165) is 6.42 Å². The molecule has 0 radical (unpaired) electrons. The van der Waals surface area contributed by atoms with Crippen molar-refractivity contribution in [2.75, 3.05) is 0 Å². The molecule has 15 heavy (non-hydrogen) atoms. The van der Waals surface area contributed by atoms with Crippen molar-refractivity contribution in [3.63, 3.8) is 0 Å². The standard InChI is InChI=1S/C14H18S/c1-5-7-9-13-11(3)12(4)14(15-13)10-8-6-2/h5,7-10H,1,6H2,2-4H3. The largest absolute Gasteiger partial charge is 0.136 e. The minimum atomic E-state index is 1.09. The van der Waals surface area contributed by atoms with E-state index >= 15 is 0 Å². The first-order valence-electron chi connectivity index (χ1n) is 5.26. The molecule has 0 fully saturated rings. The fourth-order valence-electron chi connectivity index (χ4n) is 1.34.